The molecule has 8 heteroatoms. The van der Waals surface area contributed by atoms with E-state index in [9.17, 15) is 9.59 Å². The van der Waals surface area contributed by atoms with Gasteiger partial charge < -0.3 is 9.15 Å². The first-order chi connectivity index (χ1) is 11.7. The van der Waals surface area contributed by atoms with Gasteiger partial charge >= 0.3 is 12.0 Å². The first kappa shape index (κ1) is 19.0. The van der Waals surface area contributed by atoms with Gasteiger partial charge in [0.1, 0.15) is 5.76 Å². The third-order valence-corrected chi connectivity index (χ3v) is 3.64. The van der Waals surface area contributed by atoms with E-state index in [1.54, 1.807) is 6.92 Å². The van der Waals surface area contributed by atoms with E-state index < -0.39 is 6.09 Å². The quantitative estimate of drug-likeness (QED) is 0.723. The average molecular weight is 350 g/mol. The summed E-state index contributed by atoms with van der Waals surface area (Å²) >= 11 is 0. The number of rotatable bonds is 4. The second-order valence-electron chi connectivity index (χ2n) is 6.93. The summed E-state index contributed by atoms with van der Waals surface area (Å²) in [5.74, 6) is 0.640. The fraction of sp³-hybridized carbons (Fsp3) is 0.588. The second kappa shape index (κ2) is 7.69. The van der Waals surface area contributed by atoms with Crippen molar-refractivity contribution in [3.63, 3.8) is 0 Å². The Balaban J connectivity index is 2.21. The first-order valence-electron chi connectivity index (χ1n) is 8.42. The van der Waals surface area contributed by atoms with Gasteiger partial charge in [-0.3, -0.25) is 10.2 Å². The van der Waals surface area contributed by atoms with Crippen LogP contribution in [0, 0.1) is 6.92 Å². The minimum Gasteiger partial charge on any atom is -0.455 e. The summed E-state index contributed by atoms with van der Waals surface area (Å²) in [6, 6.07) is 0. The van der Waals surface area contributed by atoms with Gasteiger partial charge in [0, 0.05) is 23.1 Å². The fourth-order valence-electron chi connectivity index (χ4n) is 2.57. The van der Waals surface area contributed by atoms with Crippen LogP contribution in [0.4, 0.5) is 4.79 Å². The molecule has 25 heavy (non-hydrogen) atoms. The van der Waals surface area contributed by atoms with Crippen LogP contribution in [0.15, 0.2) is 9.52 Å². The minimum absolute atomic E-state index is 0.257. The molecule has 0 saturated carbocycles. The Morgan fingerprint density at radius 1 is 1.28 bits per heavy atom. The molecule has 0 unspecified atom stereocenters. The van der Waals surface area contributed by atoms with Gasteiger partial charge in [-0.05, 0) is 47.5 Å². The van der Waals surface area contributed by atoms with Gasteiger partial charge in [-0.15, -0.1) is 0 Å². The molecule has 3 N–H and O–H groups in total. The number of furan rings is 1. The van der Waals surface area contributed by atoms with Gasteiger partial charge in [0.15, 0.2) is 5.76 Å². The third-order valence-electron chi connectivity index (χ3n) is 3.64. The summed E-state index contributed by atoms with van der Waals surface area (Å²) in [4.78, 5) is 23.8. The molecule has 0 atom stereocenters. The zero-order valence-corrected chi connectivity index (χ0v) is 15.4. The lowest BCUT2D eigenvalue weighted by molar-refractivity contribution is 0.0883. The maximum absolute atomic E-state index is 12.4. The van der Waals surface area contributed by atoms with Crippen LogP contribution in [0.25, 0.3) is 0 Å². The molecule has 1 aliphatic rings. The number of carbonyl (C=O) groups excluding carboxylic acids is 2. The van der Waals surface area contributed by atoms with Crippen molar-refractivity contribution in [3.8, 4) is 0 Å². The Hall–Kier alpha value is -2.35. The minimum atomic E-state index is -0.601. The molecule has 0 fully saturated rings. The molecule has 2 rings (SSSR count). The van der Waals surface area contributed by atoms with Gasteiger partial charge in [-0.25, -0.2) is 15.6 Å². The molecule has 1 aromatic heterocycles. The molecule has 2 amide bonds. The summed E-state index contributed by atoms with van der Waals surface area (Å²) in [5.41, 5.74) is 9.91. The number of hydrazone groups is 1. The molecule has 138 valence electrons. The predicted octanol–water partition coefficient (Wildman–Crippen LogP) is 2.41. The van der Waals surface area contributed by atoms with E-state index in [2.05, 4.69) is 21.4 Å². The molecule has 0 bridgehead atoms. The molecule has 1 aliphatic carbocycles. The molecule has 1 aromatic rings. The molecular weight excluding hydrogens is 324 g/mol. The molecule has 1 heterocycles. The van der Waals surface area contributed by atoms with Crippen LogP contribution >= 0.6 is 0 Å². The Labute approximate surface area is 147 Å². The lowest BCUT2D eigenvalue weighted by Gasteiger charge is -2.20. The van der Waals surface area contributed by atoms with Crippen molar-refractivity contribution in [2.75, 3.05) is 6.61 Å². The number of aryl methyl sites for hydroxylation is 1. The fourth-order valence-corrected chi connectivity index (χ4v) is 2.57. The van der Waals surface area contributed by atoms with E-state index in [-0.39, 0.29) is 23.8 Å². The van der Waals surface area contributed by atoms with Crippen LogP contribution in [0.2, 0.25) is 0 Å². The van der Waals surface area contributed by atoms with Crippen LogP contribution < -0.4 is 16.3 Å². The topological polar surface area (TPSA) is 105 Å². The van der Waals surface area contributed by atoms with Crippen molar-refractivity contribution in [1.29, 1.82) is 0 Å². The molecule has 0 spiro atoms. The number of hydrogen-bond acceptors (Lipinski definition) is 6. The van der Waals surface area contributed by atoms with Crippen molar-refractivity contribution < 1.29 is 18.7 Å². The number of fused-ring (bicyclic) bond motifs is 1. The smallest absolute Gasteiger partial charge is 0.427 e. The highest BCUT2D eigenvalue weighted by Crippen LogP contribution is 2.29. The summed E-state index contributed by atoms with van der Waals surface area (Å²) < 4.78 is 10.6. The predicted molar refractivity (Wildman–Crippen MR) is 93.4 cm³/mol. The maximum Gasteiger partial charge on any atom is 0.427 e. The summed E-state index contributed by atoms with van der Waals surface area (Å²) in [6.45, 7) is 9.65. The van der Waals surface area contributed by atoms with E-state index in [0.29, 0.717) is 23.5 Å². The van der Waals surface area contributed by atoms with Crippen molar-refractivity contribution in [2.45, 2.75) is 59.4 Å². The van der Waals surface area contributed by atoms with Crippen LogP contribution in [0.1, 0.15) is 68.0 Å². The van der Waals surface area contributed by atoms with E-state index in [1.165, 1.54) is 0 Å². The van der Waals surface area contributed by atoms with Gasteiger partial charge in [0.25, 0.3) is 0 Å². The second-order valence-corrected chi connectivity index (χ2v) is 6.93. The number of nitrogens with zero attached hydrogens (tertiary/aromatic N) is 1. The molecular formula is C17H26N4O4. The van der Waals surface area contributed by atoms with Gasteiger partial charge in [0.05, 0.1) is 12.3 Å². The summed E-state index contributed by atoms with van der Waals surface area (Å²) in [6.07, 6.45) is 1.66. The number of hydrogen-bond donors (Lipinski definition) is 3. The van der Waals surface area contributed by atoms with Crippen LogP contribution in [0.5, 0.6) is 0 Å². The van der Waals surface area contributed by atoms with E-state index in [0.717, 1.165) is 18.4 Å². The number of nitrogens with one attached hydrogen (secondary N) is 3. The van der Waals surface area contributed by atoms with E-state index in [1.807, 2.05) is 27.7 Å². The normalized spacial score (nSPS) is 15.6. The third kappa shape index (κ3) is 4.82. The summed E-state index contributed by atoms with van der Waals surface area (Å²) in [7, 11) is 0. The monoisotopic (exact) mass is 350 g/mol. The van der Waals surface area contributed by atoms with Crippen molar-refractivity contribution >= 4 is 17.7 Å². The zero-order chi connectivity index (χ0) is 18.6. The Morgan fingerprint density at radius 2 is 2.00 bits per heavy atom. The van der Waals surface area contributed by atoms with E-state index >= 15 is 0 Å². The van der Waals surface area contributed by atoms with Crippen molar-refractivity contribution in [2.24, 2.45) is 5.10 Å². The molecule has 0 radical (unpaired) electrons. The standard InChI is InChI=1S/C17H26N4O4/c1-6-24-16(23)20-18-11-8-7-9-12-13(11)10(2)14(25-12)15(22)19-21-17(3,4)5/h21H,6-9H2,1-5H3,(H,19,22)(H,20,23)/b18-11+. The molecule has 0 aliphatic heterocycles. The largest absolute Gasteiger partial charge is 0.455 e. The SMILES string of the molecule is CCOC(=O)N/N=C1\CCCc2oc(C(=O)NNC(C)(C)C)c(C)c21. The highest BCUT2D eigenvalue weighted by Gasteiger charge is 2.28. The van der Waals surface area contributed by atoms with Crippen LogP contribution in [0.3, 0.4) is 0 Å². The average Bonchev–Trinajstić information content (AvgIpc) is 2.88. The Kier molecular flexibility index (Phi) is 5.84. The Morgan fingerprint density at radius 3 is 2.64 bits per heavy atom. The maximum atomic E-state index is 12.4. The van der Waals surface area contributed by atoms with Gasteiger partial charge in [-0.1, -0.05) is 0 Å². The van der Waals surface area contributed by atoms with Gasteiger partial charge in [-0.2, -0.15) is 5.10 Å². The highest BCUT2D eigenvalue weighted by atomic mass is 16.5. The number of hydrazine groups is 1. The van der Waals surface area contributed by atoms with Crippen LogP contribution in [-0.4, -0.2) is 29.9 Å². The lowest BCUT2D eigenvalue weighted by Crippen LogP contribution is -2.48. The molecule has 0 saturated heterocycles. The number of carbonyl (C=O) groups is 2. The van der Waals surface area contributed by atoms with Crippen molar-refractivity contribution in [3.05, 3.63) is 22.6 Å². The van der Waals surface area contributed by atoms with Crippen molar-refractivity contribution in [1.82, 2.24) is 16.3 Å². The summed E-state index contributed by atoms with van der Waals surface area (Å²) in [5, 5.41) is 4.15. The zero-order valence-electron chi connectivity index (χ0n) is 15.4. The lowest BCUT2D eigenvalue weighted by atomic mass is 9.93. The number of ether oxygens (including phenoxy) is 1. The van der Waals surface area contributed by atoms with Gasteiger partial charge in [0.2, 0.25) is 0 Å². The van der Waals surface area contributed by atoms with Crippen LogP contribution in [-0.2, 0) is 11.2 Å². The Bertz CT molecular complexity index is 686. The molecule has 0 aromatic carbocycles. The molecule has 8 nitrogen and oxygen atoms in total. The van der Waals surface area contributed by atoms with E-state index in [4.69, 9.17) is 9.15 Å². The number of amides is 2. The highest BCUT2D eigenvalue weighted by molar-refractivity contribution is 6.06. The first-order valence-corrected chi connectivity index (χ1v) is 8.42.